The van der Waals surface area contributed by atoms with Gasteiger partial charge in [-0.1, -0.05) is 36.5 Å². The highest BCUT2D eigenvalue weighted by atomic mass is 35.5. The number of benzene rings is 1. The lowest BCUT2D eigenvalue weighted by molar-refractivity contribution is 0.0826. The van der Waals surface area contributed by atoms with Crippen molar-refractivity contribution in [2.24, 2.45) is 0 Å². The average molecular weight is 326 g/mol. The van der Waals surface area contributed by atoms with Gasteiger partial charge in [-0.25, -0.2) is 4.68 Å². The lowest BCUT2D eigenvalue weighted by Gasteiger charge is -2.12. The monoisotopic (exact) mass is 325 g/mol. The zero-order valence-corrected chi connectivity index (χ0v) is 13.7. The third-order valence-corrected chi connectivity index (χ3v) is 3.88. The average Bonchev–Trinajstić information content (AvgIpc) is 2.85. The molecule has 2 aromatic rings. The van der Waals surface area contributed by atoms with Crippen molar-refractivity contribution in [2.75, 3.05) is 14.1 Å². The minimum Gasteiger partial charge on any atom is -0.345 e. The maximum Gasteiger partial charge on any atom is 0.256 e. The molecule has 0 saturated carbocycles. The first-order valence-electron chi connectivity index (χ1n) is 6.69. The number of amides is 1. The van der Waals surface area contributed by atoms with Crippen LogP contribution in [0.1, 0.15) is 29.4 Å². The summed E-state index contributed by atoms with van der Waals surface area (Å²) >= 11 is 12.0. The zero-order valence-electron chi connectivity index (χ0n) is 12.2. The minimum atomic E-state index is -0.0511. The standard InChI is InChI=1S/C15H17Cl2N3O/c1-4-5-14-11(15(21)19(2)3)9-18-20(14)10-6-7-12(16)13(17)8-10/h6-9H,4-5H2,1-3H3. The molecule has 1 amide bonds. The van der Waals surface area contributed by atoms with Gasteiger partial charge in [0.25, 0.3) is 5.91 Å². The Bertz CT molecular complexity index is 665. The Kier molecular flexibility index (Phi) is 4.91. The molecular weight excluding hydrogens is 309 g/mol. The normalized spacial score (nSPS) is 10.7. The molecule has 112 valence electrons. The van der Waals surface area contributed by atoms with Crippen molar-refractivity contribution >= 4 is 29.1 Å². The Morgan fingerprint density at radius 1 is 1.29 bits per heavy atom. The smallest absolute Gasteiger partial charge is 0.256 e. The summed E-state index contributed by atoms with van der Waals surface area (Å²) in [4.78, 5) is 13.8. The Balaban J connectivity index is 2.53. The molecule has 1 heterocycles. The second kappa shape index (κ2) is 6.50. The van der Waals surface area contributed by atoms with Crippen molar-refractivity contribution in [3.8, 4) is 5.69 Å². The third-order valence-electron chi connectivity index (χ3n) is 3.14. The molecule has 0 bridgehead atoms. The van der Waals surface area contributed by atoms with Crippen molar-refractivity contribution in [3.63, 3.8) is 0 Å². The maximum absolute atomic E-state index is 12.2. The van der Waals surface area contributed by atoms with E-state index in [4.69, 9.17) is 23.2 Å². The van der Waals surface area contributed by atoms with Crippen molar-refractivity contribution < 1.29 is 4.79 Å². The van der Waals surface area contributed by atoms with Gasteiger partial charge < -0.3 is 4.90 Å². The molecule has 1 aromatic heterocycles. The molecule has 0 aliphatic rings. The van der Waals surface area contributed by atoms with Crippen LogP contribution in [-0.2, 0) is 6.42 Å². The van der Waals surface area contributed by atoms with Crippen LogP contribution in [-0.4, -0.2) is 34.7 Å². The van der Waals surface area contributed by atoms with Crippen molar-refractivity contribution in [3.05, 3.63) is 45.7 Å². The van der Waals surface area contributed by atoms with Gasteiger partial charge in [0, 0.05) is 14.1 Å². The van der Waals surface area contributed by atoms with E-state index in [-0.39, 0.29) is 5.91 Å². The topological polar surface area (TPSA) is 38.1 Å². The van der Waals surface area contributed by atoms with Crippen LogP contribution in [0.5, 0.6) is 0 Å². The number of nitrogens with zero attached hydrogens (tertiary/aromatic N) is 3. The van der Waals surface area contributed by atoms with Crippen LogP contribution < -0.4 is 0 Å². The van der Waals surface area contributed by atoms with E-state index in [2.05, 4.69) is 12.0 Å². The first kappa shape index (κ1) is 15.9. The zero-order chi connectivity index (χ0) is 15.6. The van der Waals surface area contributed by atoms with Gasteiger partial charge >= 0.3 is 0 Å². The summed E-state index contributed by atoms with van der Waals surface area (Å²) in [6.07, 6.45) is 3.28. The van der Waals surface area contributed by atoms with E-state index in [0.717, 1.165) is 24.2 Å². The van der Waals surface area contributed by atoms with E-state index in [1.165, 1.54) is 0 Å². The molecule has 0 radical (unpaired) electrons. The number of hydrogen-bond donors (Lipinski definition) is 0. The van der Waals surface area contributed by atoms with E-state index in [1.54, 1.807) is 42.0 Å². The highest BCUT2D eigenvalue weighted by Gasteiger charge is 2.19. The van der Waals surface area contributed by atoms with Crippen molar-refractivity contribution in [1.29, 1.82) is 0 Å². The SMILES string of the molecule is CCCc1c(C(=O)N(C)C)cnn1-c1ccc(Cl)c(Cl)c1. The van der Waals surface area contributed by atoms with E-state index in [9.17, 15) is 4.79 Å². The van der Waals surface area contributed by atoms with Gasteiger partial charge in [0.1, 0.15) is 0 Å². The molecule has 0 aliphatic carbocycles. The van der Waals surface area contributed by atoms with Crippen LogP contribution in [0.2, 0.25) is 10.0 Å². The summed E-state index contributed by atoms with van der Waals surface area (Å²) in [5.41, 5.74) is 2.30. The van der Waals surface area contributed by atoms with E-state index in [0.29, 0.717) is 15.6 Å². The van der Waals surface area contributed by atoms with E-state index < -0.39 is 0 Å². The number of carbonyl (C=O) groups is 1. The first-order chi connectivity index (χ1) is 9.95. The third kappa shape index (κ3) is 3.22. The van der Waals surface area contributed by atoms with Gasteiger partial charge in [0.15, 0.2) is 0 Å². The molecule has 21 heavy (non-hydrogen) atoms. The number of rotatable bonds is 4. The maximum atomic E-state index is 12.2. The highest BCUT2D eigenvalue weighted by molar-refractivity contribution is 6.42. The highest BCUT2D eigenvalue weighted by Crippen LogP contribution is 2.26. The lowest BCUT2D eigenvalue weighted by atomic mass is 10.1. The van der Waals surface area contributed by atoms with Crippen molar-refractivity contribution in [1.82, 2.24) is 14.7 Å². The summed E-state index contributed by atoms with van der Waals surface area (Å²) in [7, 11) is 3.46. The second-order valence-corrected chi connectivity index (χ2v) is 5.78. The van der Waals surface area contributed by atoms with Crippen LogP contribution >= 0.6 is 23.2 Å². The predicted molar refractivity (Wildman–Crippen MR) is 85.6 cm³/mol. The predicted octanol–water partition coefficient (Wildman–Crippen LogP) is 3.83. The number of hydrogen-bond acceptors (Lipinski definition) is 2. The molecule has 0 unspecified atom stereocenters. The minimum absolute atomic E-state index is 0.0511. The molecule has 0 spiro atoms. The number of aromatic nitrogens is 2. The molecule has 6 heteroatoms. The fourth-order valence-electron chi connectivity index (χ4n) is 2.11. The molecule has 0 atom stereocenters. The summed E-state index contributed by atoms with van der Waals surface area (Å²) < 4.78 is 1.75. The molecular formula is C15H17Cl2N3O. The summed E-state index contributed by atoms with van der Waals surface area (Å²) in [5, 5.41) is 5.31. The lowest BCUT2D eigenvalue weighted by Crippen LogP contribution is -2.22. The molecule has 0 fully saturated rings. The Morgan fingerprint density at radius 2 is 2.00 bits per heavy atom. The number of carbonyl (C=O) groups excluding carboxylic acids is 1. The van der Waals surface area contributed by atoms with E-state index >= 15 is 0 Å². The summed E-state index contributed by atoms with van der Waals surface area (Å²) in [6.45, 7) is 2.07. The molecule has 2 rings (SSSR count). The van der Waals surface area contributed by atoms with Gasteiger partial charge in [-0.3, -0.25) is 4.79 Å². The van der Waals surface area contributed by atoms with Gasteiger partial charge in [-0.15, -0.1) is 0 Å². The fraction of sp³-hybridized carbons (Fsp3) is 0.333. The van der Waals surface area contributed by atoms with E-state index in [1.807, 2.05) is 6.07 Å². The largest absolute Gasteiger partial charge is 0.345 e. The van der Waals surface area contributed by atoms with Gasteiger partial charge in [-0.2, -0.15) is 5.10 Å². The molecule has 4 nitrogen and oxygen atoms in total. The molecule has 0 N–H and O–H groups in total. The Morgan fingerprint density at radius 3 is 2.57 bits per heavy atom. The first-order valence-corrected chi connectivity index (χ1v) is 7.45. The number of halogens is 2. The van der Waals surface area contributed by atoms with Gasteiger partial charge in [-0.05, 0) is 24.6 Å². The van der Waals surface area contributed by atoms with Crippen LogP contribution in [0.25, 0.3) is 5.69 Å². The van der Waals surface area contributed by atoms with Crippen LogP contribution in [0, 0.1) is 0 Å². The molecule has 0 aliphatic heterocycles. The van der Waals surface area contributed by atoms with Gasteiger partial charge in [0.05, 0.1) is 33.2 Å². The summed E-state index contributed by atoms with van der Waals surface area (Å²) in [5.74, 6) is -0.0511. The van der Waals surface area contributed by atoms with Gasteiger partial charge in [0.2, 0.25) is 0 Å². The molecule has 1 aromatic carbocycles. The second-order valence-electron chi connectivity index (χ2n) is 4.96. The van der Waals surface area contributed by atoms with Crippen LogP contribution in [0.15, 0.2) is 24.4 Å². The molecule has 0 saturated heterocycles. The Labute approximate surface area is 134 Å². The van der Waals surface area contributed by atoms with Crippen LogP contribution in [0.3, 0.4) is 0 Å². The quantitative estimate of drug-likeness (QED) is 0.856. The van der Waals surface area contributed by atoms with Crippen LogP contribution in [0.4, 0.5) is 0 Å². The van der Waals surface area contributed by atoms with Crippen molar-refractivity contribution in [2.45, 2.75) is 19.8 Å². The summed E-state index contributed by atoms with van der Waals surface area (Å²) in [6, 6.07) is 5.31. The fourth-order valence-corrected chi connectivity index (χ4v) is 2.40. The Hall–Kier alpha value is -1.52.